The first-order valence-corrected chi connectivity index (χ1v) is 10.9. The number of carbonyl (C=O) groups is 1. The Morgan fingerprint density at radius 3 is 2.79 bits per heavy atom. The fourth-order valence-corrected chi connectivity index (χ4v) is 5.26. The highest BCUT2D eigenvalue weighted by Crippen LogP contribution is 2.36. The summed E-state index contributed by atoms with van der Waals surface area (Å²) in [5, 5.41) is 4.31. The second-order valence-electron chi connectivity index (χ2n) is 8.73. The second-order valence-corrected chi connectivity index (χ2v) is 8.73. The van der Waals surface area contributed by atoms with Crippen LogP contribution in [0.2, 0.25) is 0 Å². The van der Waals surface area contributed by atoms with Crippen LogP contribution in [0.15, 0.2) is 36.7 Å². The van der Waals surface area contributed by atoms with Crippen LogP contribution in [0, 0.1) is 11.8 Å². The van der Waals surface area contributed by atoms with Crippen molar-refractivity contribution >= 4 is 11.6 Å². The Balaban J connectivity index is 1.16. The fraction of sp³-hybridized carbons (Fsp3) is 0.565. The van der Waals surface area contributed by atoms with Gasteiger partial charge in [-0.2, -0.15) is 5.10 Å². The number of nitrogens with zero attached hydrogens (tertiary/aromatic N) is 4. The zero-order valence-electron chi connectivity index (χ0n) is 17.2. The van der Waals surface area contributed by atoms with Crippen LogP contribution in [-0.4, -0.2) is 53.4 Å². The summed E-state index contributed by atoms with van der Waals surface area (Å²) in [5.41, 5.74) is 3.62. The topological polar surface area (TPSA) is 50.6 Å². The molecule has 3 aliphatic rings. The van der Waals surface area contributed by atoms with Crippen molar-refractivity contribution in [3.05, 3.63) is 47.8 Å². The molecule has 1 aromatic carbocycles. The van der Waals surface area contributed by atoms with Gasteiger partial charge in [-0.1, -0.05) is 18.2 Å². The molecule has 0 radical (unpaired) electrons. The predicted octanol–water partition coefficient (Wildman–Crippen LogP) is 2.80. The zero-order chi connectivity index (χ0) is 19.8. The summed E-state index contributed by atoms with van der Waals surface area (Å²) in [6, 6.07) is 8.34. The molecule has 0 unspecified atom stereocenters. The number of hydrogen-bond donors (Lipinski definition) is 0. The van der Waals surface area contributed by atoms with Gasteiger partial charge in [-0.05, 0) is 50.4 Å². The lowest BCUT2D eigenvalue weighted by molar-refractivity contribution is -0.123. The maximum absolute atomic E-state index is 13.1. The molecule has 0 aliphatic carbocycles. The monoisotopic (exact) mass is 394 g/mol. The first kappa shape index (κ1) is 18.8. The summed E-state index contributed by atoms with van der Waals surface area (Å²) in [6.45, 7) is 4.72. The summed E-state index contributed by atoms with van der Waals surface area (Å²) in [7, 11) is 1.95. The molecular weight excluding hydrogens is 364 g/mol. The highest BCUT2D eigenvalue weighted by atomic mass is 16.5. The van der Waals surface area contributed by atoms with Gasteiger partial charge < -0.3 is 14.5 Å². The van der Waals surface area contributed by atoms with Gasteiger partial charge >= 0.3 is 0 Å². The van der Waals surface area contributed by atoms with E-state index in [1.807, 2.05) is 28.9 Å². The van der Waals surface area contributed by atoms with Crippen molar-refractivity contribution in [3.8, 4) is 0 Å². The average Bonchev–Trinajstić information content (AvgIpc) is 3.47. The van der Waals surface area contributed by atoms with Gasteiger partial charge in [0.2, 0.25) is 5.91 Å². The molecule has 4 heterocycles. The van der Waals surface area contributed by atoms with E-state index in [0.29, 0.717) is 11.8 Å². The Labute approximate surface area is 172 Å². The molecule has 0 saturated carbocycles. The maximum atomic E-state index is 13.1. The SMILES string of the molecule is Cn1cc([C@@H]2OCC[C@H]2CN2CCC(C(=O)N3CCc4ccccc43)CC2)cn1. The lowest BCUT2D eigenvalue weighted by Gasteiger charge is -2.35. The summed E-state index contributed by atoms with van der Waals surface area (Å²) >= 11 is 0. The lowest BCUT2D eigenvalue weighted by Crippen LogP contribution is -2.43. The van der Waals surface area contributed by atoms with Crippen molar-refractivity contribution in [1.29, 1.82) is 0 Å². The average molecular weight is 395 g/mol. The van der Waals surface area contributed by atoms with Crippen LogP contribution in [0.3, 0.4) is 0 Å². The van der Waals surface area contributed by atoms with E-state index in [4.69, 9.17) is 4.74 Å². The number of para-hydroxylation sites is 1. The van der Waals surface area contributed by atoms with Gasteiger partial charge in [-0.15, -0.1) is 0 Å². The predicted molar refractivity (Wildman–Crippen MR) is 112 cm³/mol. The third kappa shape index (κ3) is 3.71. The van der Waals surface area contributed by atoms with Crippen LogP contribution in [0.5, 0.6) is 0 Å². The molecule has 154 valence electrons. The first-order chi connectivity index (χ1) is 14.2. The van der Waals surface area contributed by atoms with Crippen LogP contribution in [0.25, 0.3) is 0 Å². The van der Waals surface area contributed by atoms with Gasteiger partial charge in [0.1, 0.15) is 0 Å². The molecule has 0 bridgehead atoms. The number of aryl methyl sites for hydroxylation is 1. The van der Waals surface area contributed by atoms with E-state index in [-0.39, 0.29) is 12.0 Å². The minimum Gasteiger partial charge on any atom is -0.373 e. The van der Waals surface area contributed by atoms with E-state index >= 15 is 0 Å². The van der Waals surface area contributed by atoms with Crippen LogP contribution in [0.4, 0.5) is 5.69 Å². The minimum absolute atomic E-state index is 0.157. The van der Waals surface area contributed by atoms with Crippen molar-refractivity contribution in [1.82, 2.24) is 14.7 Å². The largest absolute Gasteiger partial charge is 0.373 e. The Kier molecular flexibility index (Phi) is 5.14. The highest BCUT2D eigenvalue weighted by molar-refractivity contribution is 5.97. The molecule has 2 aromatic rings. The number of aromatic nitrogens is 2. The number of anilines is 1. The number of likely N-dealkylation sites (tertiary alicyclic amines) is 1. The molecule has 0 N–H and O–H groups in total. The molecule has 1 aromatic heterocycles. The van der Waals surface area contributed by atoms with Crippen molar-refractivity contribution in [2.45, 2.75) is 31.8 Å². The van der Waals surface area contributed by atoms with E-state index in [0.717, 1.165) is 64.2 Å². The number of amides is 1. The van der Waals surface area contributed by atoms with E-state index in [1.165, 1.54) is 11.1 Å². The molecule has 2 saturated heterocycles. The standard InChI is InChI=1S/C23H30N4O2/c1-25-15-20(14-24-25)22-19(9-13-29-22)16-26-10-6-18(7-11-26)23(28)27-12-8-17-4-2-3-5-21(17)27/h2-5,14-15,18-19,22H,6-13,16H2,1H3/t19-,22+/m0/s1. The number of hydrogen-bond acceptors (Lipinski definition) is 4. The van der Waals surface area contributed by atoms with Gasteiger partial charge in [0.25, 0.3) is 0 Å². The van der Waals surface area contributed by atoms with Gasteiger partial charge in [-0.3, -0.25) is 9.48 Å². The summed E-state index contributed by atoms with van der Waals surface area (Å²) < 4.78 is 7.87. The van der Waals surface area contributed by atoms with E-state index in [9.17, 15) is 4.79 Å². The Bertz CT molecular complexity index is 871. The molecule has 6 nitrogen and oxygen atoms in total. The normalized spacial score (nSPS) is 25.5. The Morgan fingerprint density at radius 2 is 2.00 bits per heavy atom. The summed E-state index contributed by atoms with van der Waals surface area (Å²) in [4.78, 5) is 17.7. The number of piperidine rings is 1. The van der Waals surface area contributed by atoms with Crippen LogP contribution in [-0.2, 0) is 23.0 Å². The minimum atomic E-state index is 0.157. The third-order valence-corrected chi connectivity index (χ3v) is 6.85. The number of fused-ring (bicyclic) bond motifs is 1. The summed E-state index contributed by atoms with van der Waals surface area (Å²) in [5.74, 6) is 0.996. The number of carbonyl (C=O) groups excluding carboxylic acids is 1. The second kappa shape index (κ2) is 7.92. The first-order valence-electron chi connectivity index (χ1n) is 10.9. The molecule has 29 heavy (non-hydrogen) atoms. The van der Waals surface area contributed by atoms with Crippen LogP contribution in [0.1, 0.15) is 36.5 Å². The van der Waals surface area contributed by atoms with E-state index < -0.39 is 0 Å². The Hall–Kier alpha value is -2.18. The molecule has 6 heteroatoms. The van der Waals surface area contributed by atoms with E-state index in [1.54, 1.807) is 0 Å². The smallest absolute Gasteiger partial charge is 0.230 e. The van der Waals surface area contributed by atoms with Crippen LogP contribution >= 0.6 is 0 Å². The Morgan fingerprint density at radius 1 is 1.17 bits per heavy atom. The van der Waals surface area contributed by atoms with Crippen molar-refractivity contribution in [2.24, 2.45) is 18.9 Å². The molecule has 1 amide bonds. The highest BCUT2D eigenvalue weighted by Gasteiger charge is 2.35. The number of ether oxygens (including phenoxy) is 1. The van der Waals surface area contributed by atoms with Crippen molar-refractivity contribution in [3.63, 3.8) is 0 Å². The number of rotatable bonds is 4. The molecule has 2 fully saturated rings. The van der Waals surface area contributed by atoms with Gasteiger partial charge in [0.05, 0.1) is 12.3 Å². The van der Waals surface area contributed by atoms with Gasteiger partial charge in [-0.25, -0.2) is 0 Å². The fourth-order valence-electron chi connectivity index (χ4n) is 5.26. The maximum Gasteiger partial charge on any atom is 0.230 e. The van der Waals surface area contributed by atoms with Crippen molar-refractivity contribution in [2.75, 3.05) is 37.7 Å². The van der Waals surface area contributed by atoms with E-state index in [2.05, 4.69) is 34.4 Å². The molecular formula is C23H30N4O2. The molecule has 2 atom stereocenters. The quantitative estimate of drug-likeness (QED) is 0.800. The third-order valence-electron chi connectivity index (χ3n) is 6.85. The molecule has 3 aliphatic heterocycles. The molecule has 0 spiro atoms. The van der Waals surface area contributed by atoms with Gasteiger partial charge in [0, 0.05) is 56.0 Å². The van der Waals surface area contributed by atoms with Crippen LogP contribution < -0.4 is 4.90 Å². The van der Waals surface area contributed by atoms with Gasteiger partial charge in [0.15, 0.2) is 0 Å². The zero-order valence-corrected chi connectivity index (χ0v) is 17.2. The molecule has 5 rings (SSSR count). The summed E-state index contributed by atoms with van der Waals surface area (Å²) in [6.07, 6.45) is 8.17. The lowest BCUT2D eigenvalue weighted by atomic mass is 9.92. The number of benzene rings is 1. The van der Waals surface area contributed by atoms with Crippen molar-refractivity contribution < 1.29 is 9.53 Å².